The molecule has 0 radical (unpaired) electrons. The van der Waals surface area contributed by atoms with Crippen LogP contribution < -0.4 is 16.4 Å². The normalized spacial score (nSPS) is 11.7. The molecule has 0 saturated heterocycles. The number of rotatable bonds is 3. The Morgan fingerprint density at radius 2 is 1.86 bits per heavy atom. The zero-order chi connectivity index (χ0) is 16.3. The number of aromatic nitrogens is 1. The van der Waals surface area contributed by atoms with E-state index in [1.54, 1.807) is 40.7 Å². The van der Waals surface area contributed by atoms with Gasteiger partial charge in [0.2, 0.25) is 5.91 Å². The summed E-state index contributed by atoms with van der Waals surface area (Å²) in [5.74, 6) is -0.423. The van der Waals surface area contributed by atoms with Crippen molar-refractivity contribution in [3.63, 3.8) is 0 Å². The van der Waals surface area contributed by atoms with Crippen molar-refractivity contribution >= 4 is 23.4 Å². The van der Waals surface area contributed by atoms with Crippen LogP contribution >= 0.6 is 0 Å². The highest BCUT2D eigenvalue weighted by atomic mass is 16.6. The molecule has 0 atom stereocenters. The van der Waals surface area contributed by atoms with Crippen LogP contribution in [0.25, 0.3) is 0 Å². The highest BCUT2D eigenvalue weighted by Crippen LogP contribution is 2.17. The van der Waals surface area contributed by atoms with Crippen molar-refractivity contribution in [3.05, 3.63) is 18.5 Å². The Kier molecular flexibility index (Phi) is 4.77. The number of nitrogens with two attached hydrogens (primary N) is 1. The van der Waals surface area contributed by atoms with E-state index in [-0.39, 0.29) is 0 Å². The largest absolute Gasteiger partial charge is 0.444 e. The molecule has 1 aromatic rings. The molecule has 21 heavy (non-hydrogen) atoms. The van der Waals surface area contributed by atoms with Crippen molar-refractivity contribution in [2.24, 2.45) is 0 Å². The molecule has 2 amide bonds. The van der Waals surface area contributed by atoms with Gasteiger partial charge < -0.3 is 21.1 Å². The molecule has 4 N–H and O–H groups in total. The standard InChI is InChI=1S/C14H22N4O3/c1-13(2,3)21-12(20)18-14(4,5)11(19)17-10-8-16-7-6-9(10)15/h6-8H,1-5H3,(H2,15,16)(H,17,19)(H,18,20). The monoisotopic (exact) mass is 294 g/mol. The maximum atomic E-state index is 12.2. The molecular weight excluding hydrogens is 272 g/mol. The molecule has 7 heteroatoms. The summed E-state index contributed by atoms with van der Waals surface area (Å²) in [6, 6.07) is 1.57. The average molecular weight is 294 g/mol. The summed E-state index contributed by atoms with van der Waals surface area (Å²) in [7, 11) is 0. The van der Waals surface area contributed by atoms with Crippen LogP contribution in [0.2, 0.25) is 0 Å². The van der Waals surface area contributed by atoms with Crippen LogP contribution in [0.15, 0.2) is 18.5 Å². The van der Waals surface area contributed by atoms with E-state index in [4.69, 9.17) is 10.5 Å². The molecule has 1 rings (SSSR count). The van der Waals surface area contributed by atoms with Crippen molar-refractivity contribution in [2.45, 2.75) is 45.8 Å². The molecule has 7 nitrogen and oxygen atoms in total. The molecule has 0 aromatic carbocycles. The fourth-order valence-corrected chi connectivity index (χ4v) is 1.40. The van der Waals surface area contributed by atoms with Crippen molar-refractivity contribution in [3.8, 4) is 0 Å². The van der Waals surface area contributed by atoms with Gasteiger partial charge in [-0.05, 0) is 40.7 Å². The number of carbonyl (C=O) groups excluding carboxylic acids is 2. The van der Waals surface area contributed by atoms with Gasteiger partial charge in [-0.25, -0.2) is 4.79 Å². The molecule has 1 aromatic heterocycles. The second-order valence-electron chi connectivity index (χ2n) is 6.17. The number of nitrogens with one attached hydrogen (secondary N) is 2. The Balaban J connectivity index is 2.72. The molecule has 0 unspecified atom stereocenters. The number of amides is 2. The highest BCUT2D eigenvalue weighted by Gasteiger charge is 2.31. The van der Waals surface area contributed by atoms with E-state index in [2.05, 4.69) is 15.6 Å². The minimum absolute atomic E-state index is 0.390. The average Bonchev–Trinajstić information content (AvgIpc) is 2.28. The lowest BCUT2D eigenvalue weighted by molar-refractivity contribution is -0.121. The van der Waals surface area contributed by atoms with E-state index >= 15 is 0 Å². The van der Waals surface area contributed by atoms with Crippen molar-refractivity contribution in [1.29, 1.82) is 0 Å². The third kappa shape index (κ3) is 5.29. The van der Waals surface area contributed by atoms with Gasteiger partial charge in [-0.15, -0.1) is 0 Å². The third-order valence-corrected chi connectivity index (χ3v) is 2.48. The first-order valence-corrected chi connectivity index (χ1v) is 6.53. The van der Waals surface area contributed by atoms with Crippen molar-refractivity contribution < 1.29 is 14.3 Å². The zero-order valence-corrected chi connectivity index (χ0v) is 13.0. The molecule has 0 spiro atoms. The molecule has 0 aliphatic rings. The van der Waals surface area contributed by atoms with Crippen LogP contribution in [0, 0.1) is 0 Å². The SMILES string of the molecule is CC(C)(C)OC(=O)NC(C)(C)C(=O)Nc1cnccc1N. The van der Waals surface area contributed by atoms with Gasteiger partial charge in [0.1, 0.15) is 11.1 Å². The van der Waals surface area contributed by atoms with Gasteiger partial charge in [-0.3, -0.25) is 9.78 Å². The number of anilines is 2. The van der Waals surface area contributed by atoms with Crippen LogP contribution in [-0.2, 0) is 9.53 Å². The number of pyridine rings is 1. The van der Waals surface area contributed by atoms with E-state index in [1.807, 2.05) is 0 Å². The van der Waals surface area contributed by atoms with Crippen LogP contribution in [0.5, 0.6) is 0 Å². The summed E-state index contributed by atoms with van der Waals surface area (Å²) in [5.41, 5.74) is 4.72. The first kappa shape index (κ1) is 16.7. The molecule has 0 fully saturated rings. The zero-order valence-electron chi connectivity index (χ0n) is 13.0. The summed E-state index contributed by atoms with van der Waals surface area (Å²) in [6.07, 6.45) is 2.30. The van der Waals surface area contributed by atoms with Crippen LogP contribution in [-0.4, -0.2) is 28.1 Å². The lowest BCUT2D eigenvalue weighted by atomic mass is 10.0. The van der Waals surface area contributed by atoms with E-state index in [0.29, 0.717) is 11.4 Å². The highest BCUT2D eigenvalue weighted by molar-refractivity contribution is 6.00. The molecule has 0 aliphatic carbocycles. The number of carbonyl (C=O) groups is 2. The van der Waals surface area contributed by atoms with Gasteiger partial charge in [0.25, 0.3) is 0 Å². The van der Waals surface area contributed by atoms with E-state index in [1.165, 1.54) is 12.4 Å². The minimum atomic E-state index is -1.16. The van der Waals surface area contributed by atoms with E-state index < -0.39 is 23.1 Å². The Morgan fingerprint density at radius 3 is 2.38 bits per heavy atom. The Hall–Kier alpha value is -2.31. The van der Waals surface area contributed by atoms with Gasteiger partial charge in [0.15, 0.2) is 0 Å². The smallest absolute Gasteiger partial charge is 0.408 e. The molecule has 0 bridgehead atoms. The van der Waals surface area contributed by atoms with Crippen molar-refractivity contribution in [2.75, 3.05) is 11.1 Å². The third-order valence-electron chi connectivity index (χ3n) is 2.48. The number of nitrogens with zero attached hydrogens (tertiary/aromatic N) is 1. The maximum Gasteiger partial charge on any atom is 0.408 e. The quantitative estimate of drug-likeness (QED) is 0.789. The molecular formula is C14H22N4O3. The van der Waals surface area contributed by atoms with Crippen LogP contribution in [0.4, 0.5) is 16.2 Å². The Morgan fingerprint density at radius 1 is 1.24 bits per heavy atom. The van der Waals surface area contributed by atoms with E-state index in [0.717, 1.165) is 0 Å². The fourth-order valence-electron chi connectivity index (χ4n) is 1.40. The van der Waals surface area contributed by atoms with Crippen molar-refractivity contribution in [1.82, 2.24) is 10.3 Å². The van der Waals surface area contributed by atoms with E-state index in [9.17, 15) is 9.59 Å². The first-order valence-electron chi connectivity index (χ1n) is 6.53. The molecule has 116 valence electrons. The topological polar surface area (TPSA) is 106 Å². The van der Waals surface area contributed by atoms with Gasteiger partial charge in [-0.2, -0.15) is 0 Å². The lowest BCUT2D eigenvalue weighted by Crippen LogP contribution is -2.53. The number of ether oxygens (including phenoxy) is 1. The second-order valence-corrected chi connectivity index (χ2v) is 6.17. The summed E-state index contributed by atoms with van der Waals surface area (Å²) < 4.78 is 5.13. The Bertz CT molecular complexity index is 535. The predicted octanol–water partition coefficient (Wildman–Crippen LogP) is 1.91. The minimum Gasteiger partial charge on any atom is -0.444 e. The molecule has 0 saturated carbocycles. The second kappa shape index (κ2) is 5.99. The summed E-state index contributed by atoms with van der Waals surface area (Å²) in [5, 5.41) is 5.14. The lowest BCUT2D eigenvalue weighted by Gasteiger charge is -2.27. The summed E-state index contributed by atoms with van der Waals surface area (Å²) in [4.78, 5) is 27.9. The van der Waals surface area contributed by atoms with Gasteiger partial charge in [0.05, 0.1) is 17.6 Å². The Labute approximate surface area is 124 Å². The van der Waals surface area contributed by atoms with Crippen LogP contribution in [0.1, 0.15) is 34.6 Å². The summed E-state index contributed by atoms with van der Waals surface area (Å²) >= 11 is 0. The number of nitrogen functional groups attached to an aromatic ring is 1. The number of hydrogen-bond acceptors (Lipinski definition) is 5. The first-order chi connectivity index (χ1) is 9.51. The summed E-state index contributed by atoms with van der Waals surface area (Å²) in [6.45, 7) is 8.37. The number of alkyl carbamates (subject to hydrolysis) is 1. The maximum absolute atomic E-state index is 12.2. The van der Waals surface area contributed by atoms with Gasteiger partial charge in [-0.1, -0.05) is 0 Å². The van der Waals surface area contributed by atoms with Gasteiger partial charge in [0, 0.05) is 6.20 Å². The van der Waals surface area contributed by atoms with Crippen LogP contribution in [0.3, 0.4) is 0 Å². The fraction of sp³-hybridized carbons (Fsp3) is 0.500. The van der Waals surface area contributed by atoms with Gasteiger partial charge >= 0.3 is 6.09 Å². The molecule has 1 heterocycles. The predicted molar refractivity (Wildman–Crippen MR) is 80.7 cm³/mol. The number of hydrogen-bond donors (Lipinski definition) is 3. The molecule has 0 aliphatic heterocycles.